The average Bonchev–Trinajstić information content (AvgIpc) is 2.55. The van der Waals surface area contributed by atoms with Crippen LogP contribution >= 0.6 is 0 Å². The summed E-state index contributed by atoms with van der Waals surface area (Å²) >= 11 is 0. The van der Waals surface area contributed by atoms with Gasteiger partial charge in [0.1, 0.15) is 5.75 Å². The smallest absolute Gasteiger partial charge is 0.119 e. The van der Waals surface area contributed by atoms with E-state index >= 15 is 0 Å². The van der Waals surface area contributed by atoms with E-state index in [1.165, 1.54) is 0 Å². The summed E-state index contributed by atoms with van der Waals surface area (Å²) in [6.45, 7) is 2.77. The number of allylic oxidation sites excluding steroid dienone is 2. The number of ether oxygens (including phenoxy) is 1. The van der Waals surface area contributed by atoms with Gasteiger partial charge in [-0.05, 0) is 55.2 Å². The Labute approximate surface area is 126 Å². The lowest BCUT2D eigenvalue weighted by molar-refractivity contribution is 0.312. The minimum atomic E-state index is 0.680. The fraction of sp³-hybridized carbons (Fsp3) is 0.211. The zero-order valence-corrected chi connectivity index (χ0v) is 12.3. The van der Waals surface area contributed by atoms with Crippen molar-refractivity contribution in [2.75, 3.05) is 6.61 Å². The molecule has 2 nitrogen and oxygen atoms in total. The van der Waals surface area contributed by atoms with Crippen LogP contribution in [0, 0.1) is 11.3 Å². The van der Waals surface area contributed by atoms with Gasteiger partial charge >= 0.3 is 0 Å². The molecule has 21 heavy (non-hydrogen) atoms. The van der Waals surface area contributed by atoms with Gasteiger partial charge < -0.3 is 4.74 Å². The molecule has 0 fully saturated rings. The van der Waals surface area contributed by atoms with E-state index in [0.717, 1.165) is 36.3 Å². The molecule has 0 aliphatic rings. The highest BCUT2D eigenvalue weighted by Gasteiger charge is 1.99. The summed E-state index contributed by atoms with van der Waals surface area (Å²) in [6, 6.07) is 17.8. The van der Waals surface area contributed by atoms with E-state index in [9.17, 15) is 0 Å². The average molecular weight is 277 g/mol. The fourth-order valence-electron chi connectivity index (χ4n) is 2.04. The van der Waals surface area contributed by atoms with Crippen molar-refractivity contribution >= 4 is 0 Å². The number of rotatable bonds is 6. The second-order valence-corrected chi connectivity index (χ2v) is 4.77. The third kappa shape index (κ3) is 4.50. The maximum atomic E-state index is 8.80. The fourth-order valence-corrected chi connectivity index (χ4v) is 2.04. The molecule has 106 valence electrons. The summed E-state index contributed by atoms with van der Waals surface area (Å²) in [4.78, 5) is 0. The Kier molecular flexibility index (Phi) is 5.60. The highest BCUT2D eigenvalue weighted by Crippen LogP contribution is 2.22. The van der Waals surface area contributed by atoms with Gasteiger partial charge in [0, 0.05) is 0 Å². The molecule has 0 N–H and O–H groups in total. The van der Waals surface area contributed by atoms with Crippen LogP contribution in [0.25, 0.3) is 11.1 Å². The molecule has 0 radical (unpaired) electrons. The van der Waals surface area contributed by atoms with Crippen molar-refractivity contribution in [2.45, 2.75) is 19.8 Å². The summed E-state index contributed by atoms with van der Waals surface area (Å²) in [6.07, 6.45) is 6.30. The molecule has 0 unspecified atom stereocenters. The van der Waals surface area contributed by atoms with Crippen molar-refractivity contribution in [3.05, 3.63) is 66.2 Å². The highest BCUT2D eigenvalue weighted by molar-refractivity contribution is 5.64. The number of benzene rings is 2. The van der Waals surface area contributed by atoms with Crippen molar-refractivity contribution in [3.8, 4) is 22.9 Å². The van der Waals surface area contributed by atoms with Gasteiger partial charge in [0.25, 0.3) is 0 Å². The molecule has 0 aromatic heterocycles. The number of hydrogen-bond acceptors (Lipinski definition) is 2. The molecule has 0 saturated carbocycles. The molecule has 0 aliphatic heterocycles. The van der Waals surface area contributed by atoms with E-state index in [-0.39, 0.29) is 0 Å². The Morgan fingerprint density at radius 3 is 2.19 bits per heavy atom. The number of hydrogen-bond donors (Lipinski definition) is 0. The second kappa shape index (κ2) is 7.91. The lowest BCUT2D eigenvalue weighted by Gasteiger charge is -2.07. The Morgan fingerprint density at radius 2 is 1.62 bits per heavy atom. The molecule has 2 aromatic carbocycles. The zero-order chi connectivity index (χ0) is 14.9. The summed E-state index contributed by atoms with van der Waals surface area (Å²) in [7, 11) is 0. The molecule has 0 spiro atoms. The van der Waals surface area contributed by atoms with Gasteiger partial charge in [-0.2, -0.15) is 5.26 Å². The first-order chi connectivity index (χ1) is 10.3. The Balaban J connectivity index is 1.93. The number of nitrogens with zero attached hydrogens (tertiary/aromatic N) is 1. The van der Waals surface area contributed by atoms with E-state index in [1.807, 2.05) is 55.5 Å². The molecule has 0 heterocycles. The van der Waals surface area contributed by atoms with Crippen LogP contribution < -0.4 is 4.74 Å². The van der Waals surface area contributed by atoms with Crippen LogP contribution in [0.2, 0.25) is 0 Å². The van der Waals surface area contributed by atoms with Gasteiger partial charge in [-0.1, -0.05) is 36.4 Å². The molecule has 0 atom stereocenters. The molecule has 2 aromatic rings. The lowest BCUT2D eigenvalue weighted by atomic mass is 10.0. The molecule has 0 aliphatic carbocycles. The van der Waals surface area contributed by atoms with Crippen molar-refractivity contribution in [2.24, 2.45) is 0 Å². The van der Waals surface area contributed by atoms with Gasteiger partial charge in [-0.3, -0.25) is 0 Å². The minimum Gasteiger partial charge on any atom is -0.494 e. The normalized spacial score (nSPS) is 10.5. The molecular weight excluding hydrogens is 258 g/mol. The first kappa shape index (κ1) is 14.9. The Bertz CT molecular complexity index is 618. The summed E-state index contributed by atoms with van der Waals surface area (Å²) in [5.41, 5.74) is 2.91. The second-order valence-electron chi connectivity index (χ2n) is 4.77. The number of unbranched alkanes of at least 4 members (excludes halogenated alkanes) is 1. The maximum absolute atomic E-state index is 8.80. The van der Waals surface area contributed by atoms with Crippen LogP contribution in [0.1, 0.15) is 25.3 Å². The van der Waals surface area contributed by atoms with Crippen molar-refractivity contribution in [1.82, 2.24) is 0 Å². The molecule has 0 saturated heterocycles. The van der Waals surface area contributed by atoms with Gasteiger partial charge in [0.05, 0.1) is 18.2 Å². The third-order valence-corrected chi connectivity index (χ3v) is 3.22. The van der Waals surface area contributed by atoms with Gasteiger partial charge in [0.2, 0.25) is 0 Å². The van der Waals surface area contributed by atoms with Crippen molar-refractivity contribution < 1.29 is 4.74 Å². The summed E-state index contributed by atoms with van der Waals surface area (Å²) in [5, 5.41) is 8.80. The SMILES string of the molecule is C/C=C/CCCOc1ccc(-c2ccc(C#N)cc2)cc1. The van der Waals surface area contributed by atoms with E-state index in [2.05, 4.69) is 18.2 Å². The molecule has 0 bridgehead atoms. The van der Waals surface area contributed by atoms with Gasteiger partial charge in [0.15, 0.2) is 0 Å². The minimum absolute atomic E-state index is 0.680. The summed E-state index contributed by atoms with van der Waals surface area (Å²) < 4.78 is 5.70. The third-order valence-electron chi connectivity index (χ3n) is 3.22. The standard InChI is InChI=1S/C19H19NO/c1-2-3-4-5-14-21-19-12-10-18(11-13-19)17-8-6-16(15-20)7-9-17/h2-3,6-13H,4-5,14H2,1H3/b3-2+. The Morgan fingerprint density at radius 1 is 1.00 bits per heavy atom. The first-order valence-electron chi connectivity index (χ1n) is 7.18. The molecular formula is C19H19NO. The molecule has 2 rings (SSSR count). The van der Waals surface area contributed by atoms with E-state index < -0.39 is 0 Å². The summed E-state index contributed by atoms with van der Waals surface area (Å²) in [5.74, 6) is 0.896. The van der Waals surface area contributed by atoms with Gasteiger partial charge in [-0.25, -0.2) is 0 Å². The predicted octanol–water partition coefficient (Wildman–Crippen LogP) is 4.96. The first-order valence-corrected chi connectivity index (χ1v) is 7.18. The van der Waals surface area contributed by atoms with Crippen LogP contribution in [-0.4, -0.2) is 6.61 Å². The predicted molar refractivity (Wildman–Crippen MR) is 86.1 cm³/mol. The lowest BCUT2D eigenvalue weighted by Crippen LogP contribution is -1.96. The topological polar surface area (TPSA) is 33.0 Å². The quantitative estimate of drug-likeness (QED) is 0.552. The van der Waals surface area contributed by atoms with Crippen LogP contribution in [0.5, 0.6) is 5.75 Å². The number of nitriles is 1. The largest absolute Gasteiger partial charge is 0.494 e. The van der Waals surface area contributed by atoms with Gasteiger partial charge in [-0.15, -0.1) is 0 Å². The molecule has 2 heteroatoms. The van der Waals surface area contributed by atoms with E-state index in [0.29, 0.717) is 5.56 Å². The zero-order valence-electron chi connectivity index (χ0n) is 12.3. The van der Waals surface area contributed by atoms with Crippen LogP contribution in [0.15, 0.2) is 60.7 Å². The molecule has 0 amide bonds. The van der Waals surface area contributed by atoms with Crippen LogP contribution in [0.4, 0.5) is 0 Å². The van der Waals surface area contributed by atoms with Crippen LogP contribution in [0.3, 0.4) is 0 Å². The van der Waals surface area contributed by atoms with Crippen molar-refractivity contribution in [3.63, 3.8) is 0 Å². The highest BCUT2D eigenvalue weighted by atomic mass is 16.5. The maximum Gasteiger partial charge on any atom is 0.119 e. The van der Waals surface area contributed by atoms with Crippen LogP contribution in [-0.2, 0) is 0 Å². The monoisotopic (exact) mass is 277 g/mol. The van der Waals surface area contributed by atoms with E-state index in [1.54, 1.807) is 0 Å². The Hall–Kier alpha value is -2.53. The van der Waals surface area contributed by atoms with Crippen molar-refractivity contribution in [1.29, 1.82) is 5.26 Å². The van der Waals surface area contributed by atoms with E-state index in [4.69, 9.17) is 10.00 Å².